The van der Waals surface area contributed by atoms with Gasteiger partial charge in [0.1, 0.15) is 34.9 Å². The Morgan fingerprint density at radius 2 is 1.49 bits per heavy atom. The first-order chi connectivity index (χ1) is 22.4. The van der Waals surface area contributed by atoms with Crippen molar-refractivity contribution >= 4 is 23.6 Å². The molecule has 0 heterocycles. The van der Waals surface area contributed by atoms with Crippen LogP contribution in [-0.2, 0) is 20.7 Å². The Morgan fingerprint density at radius 3 is 2.11 bits per heavy atom. The van der Waals surface area contributed by atoms with Gasteiger partial charge in [0.05, 0.1) is 7.11 Å². The average Bonchev–Trinajstić information content (AvgIpc) is 3.02. The molecule has 0 radical (unpaired) electrons. The van der Waals surface area contributed by atoms with Gasteiger partial charge in [-0.3, -0.25) is 9.59 Å². The lowest BCUT2D eigenvalue weighted by molar-refractivity contribution is -0.141. The van der Waals surface area contributed by atoms with Crippen LogP contribution < -0.4 is 15.4 Å². The number of unbranched alkanes of at least 4 members (excludes halogenated alkanes) is 5. The molecule has 0 saturated carbocycles. The largest absolute Gasteiger partial charge is 0.508 e. The van der Waals surface area contributed by atoms with Crippen molar-refractivity contribution in [2.24, 2.45) is 0 Å². The highest BCUT2D eigenvalue weighted by atomic mass is 16.6. The van der Waals surface area contributed by atoms with E-state index < -0.39 is 35.6 Å². The van der Waals surface area contributed by atoms with Gasteiger partial charge in [-0.15, -0.1) is 0 Å². The van der Waals surface area contributed by atoms with Crippen LogP contribution >= 0.6 is 0 Å². The number of rotatable bonds is 16. The molecule has 47 heavy (non-hydrogen) atoms. The fourth-order valence-electron chi connectivity index (χ4n) is 5.20. The number of alkyl carbamates (subject to hydrolysis) is 1. The molecule has 0 bridgehead atoms. The number of nitrogens with one attached hydrogen (secondary N) is 2. The fraction of sp³-hybridized carbons (Fsp3) is 0.432. The van der Waals surface area contributed by atoms with Crippen molar-refractivity contribution in [1.29, 1.82) is 0 Å². The van der Waals surface area contributed by atoms with Crippen LogP contribution in [0.25, 0.3) is 0 Å². The summed E-state index contributed by atoms with van der Waals surface area (Å²) < 4.78 is 10.8. The van der Waals surface area contributed by atoms with Gasteiger partial charge in [0, 0.05) is 24.2 Å². The predicted octanol–water partition coefficient (Wildman–Crippen LogP) is 7.11. The summed E-state index contributed by atoms with van der Waals surface area (Å²) in [6.07, 6.45) is 4.97. The first-order valence-corrected chi connectivity index (χ1v) is 16.2. The van der Waals surface area contributed by atoms with Gasteiger partial charge >= 0.3 is 6.09 Å². The molecule has 2 atom stereocenters. The van der Waals surface area contributed by atoms with Crippen LogP contribution in [0.5, 0.6) is 17.2 Å². The summed E-state index contributed by atoms with van der Waals surface area (Å²) in [5.74, 6) is -0.507. The molecule has 0 aliphatic carbocycles. The molecule has 0 aromatic heterocycles. The van der Waals surface area contributed by atoms with Crippen LogP contribution in [0.1, 0.15) is 83.4 Å². The zero-order valence-corrected chi connectivity index (χ0v) is 28.1. The third-order valence-electron chi connectivity index (χ3n) is 7.55. The summed E-state index contributed by atoms with van der Waals surface area (Å²) in [5, 5.41) is 26.5. The zero-order chi connectivity index (χ0) is 34.4. The summed E-state index contributed by atoms with van der Waals surface area (Å²) in [6.45, 7) is 7.52. The van der Waals surface area contributed by atoms with E-state index in [4.69, 9.17) is 9.47 Å². The molecule has 3 aromatic rings. The number of phenolic OH excluding ortho intramolecular Hbond substituents is 2. The summed E-state index contributed by atoms with van der Waals surface area (Å²) >= 11 is 0. The molecule has 0 fully saturated rings. The van der Waals surface area contributed by atoms with E-state index in [0.717, 1.165) is 32.1 Å². The third kappa shape index (κ3) is 11.9. The molecule has 0 aliphatic rings. The minimum absolute atomic E-state index is 0.0660. The highest BCUT2D eigenvalue weighted by Crippen LogP contribution is 2.32. The smallest absolute Gasteiger partial charge is 0.408 e. The van der Waals surface area contributed by atoms with Crippen LogP contribution in [0.3, 0.4) is 0 Å². The number of para-hydroxylation sites is 1. The van der Waals surface area contributed by atoms with E-state index in [1.165, 1.54) is 23.1 Å². The molecule has 10 heteroatoms. The van der Waals surface area contributed by atoms with Gasteiger partial charge < -0.3 is 35.2 Å². The molecule has 254 valence electrons. The Kier molecular flexibility index (Phi) is 13.9. The number of hydrogen-bond acceptors (Lipinski definition) is 7. The Morgan fingerprint density at radius 1 is 0.851 bits per heavy atom. The monoisotopic (exact) mass is 647 g/mol. The normalized spacial score (nSPS) is 12.4. The molecule has 3 amide bonds. The van der Waals surface area contributed by atoms with E-state index in [1.807, 2.05) is 0 Å². The zero-order valence-electron chi connectivity index (χ0n) is 28.1. The van der Waals surface area contributed by atoms with Crippen molar-refractivity contribution in [1.82, 2.24) is 10.2 Å². The maximum Gasteiger partial charge on any atom is 0.408 e. The number of carbonyl (C=O) groups is 3. The number of carbonyl (C=O) groups excluding carboxylic acids is 3. The standard InChI is InChI=1S/C37H49N3O7/c1-6-7-8-9-10-13-24-40(35(44)31(39-36(45)47-37(2,3)4)25-26-16-20-28(41)21-17-26)33(30-14-11-12-15-32(30)42)34(43)38-27-18-22-29(46-5)23-19-27/h11-12,14-23,31,33,41-42H,6-10,13,24-25H2,1-5H3,(H,38,43)(H,39,45). The van der Waals surface area contributed by atoms with Crippen molar-refractivity contribution in [3.63, 3.8) is 0 Å². The van der Waals surface area contributed by atoms with E-state index in [1.54, 1.807) is 82.5 Å². The number of methoxy groups -OCH3 is 1. The van der Waals surface area contributed by atoms with E-state index >= 15 is 0 Å². The number of nitrogens with zero attached hydrogens (tertiary/aromatic N) is 1. The number of anilines is 1. The summed E-state index contributed by atoms with van der Waals surface area (Å²) in [7, 11) is 1.55. The Balaban J connectivity index is 2.05. The number of phenols is 2. The van der Waals surface area contributed by atoms with E-state index in [9.17, 15) is 24.6 Å². The van der Waals surface area contributed by atoms with Gasteiger partial charge in [-0.2, -0.15) is 0 Å². The van der Waals surface area contributed by atoms with Crippen LogP contribution in [0.15, 0.2) is 72.8 Å². The Bertz CT molecular complexity index is 1440. The number of hydrogen-bond donors (Lipinski definition) is 4. The van der Waals surface area contributed by atoms with Gasteiger partial charge in [0.2, 0.25) is 5.91 Å². The lowest BCUT2D eigenvalue weighted by Crippen LogP contribution is -2.53. The molecule has 3 rings (SSSR count). The van der Waals surface area contributed by atoms with Gasteiger partial charge in [-0.1, -0.05) is 69.4 Å². The summed E-state index contributed by atoms with van der Waals surface area (Å²) in [6, 6.07) is 17.2. The highest BCUT2D eigenvalue weighted by Gasteiger charge is 2.37. The summed E-state index contributed by atoms with van der Waals surface area (Å²) in [5.41, 5.74) is 0.595. The second-order valence-corrected chi connectivity index (χ2v) is 12.5. The van der Waals surface area contributed by atoms with E-state index in [2.05, 4.69) is 17.6 Å². The SMILES string of the molecule is CCCCCCCCN(C(=O)C(Cc1ccc(O)cc1)NC(=O)OC(C)(C)C)C(C(=O)Nc1ccc(OC)cc1)c1ccccc1O. The van der Waals surface area contributed by atoms with Gasteiger partial charge in [0.25, 0.3) is 5.91 Å². The molecule has 10 nitrogen and oxygen atoms in total. The van der Waals surface area contributed by atoms with Crippen molar-refractivity contribution in [3.05, 3.63) is 83.9 Å². The predicted molar refractivity (Wildman–Crippen MR) is 183 cm³/mol. The second-order valence-electron chi connectivity index (χ2n) is 12.5. The minimum Gasteiger partial charge on any atom is -0.508 e. The summed E-state index contributed by atoms with van der Waals surface area (Å²) in [4.78, 5) is 43.3. The minimum atomic E-state index is -1.23. The van der Waals surface area contributed by atoms with E-state index in [0.29, 0.717) is 23.4 Å². The van der Waals surface area contributed by atoms with Crippen LogP contribution in [0.2, 0.25) is 0 Å². The molecule has 0 aliphatic heterocycles. The fourth-order valence-corrected chi connectivity index (χ4v) is 5.20. The maximum atomic E-state index is 14.7. The maximum absolute atomic E-state index is 14.7. The number of benzene rings is 3. The average molecular weight is 648 g/mol. The van der Waals surface area contributed by atoms with Crippen LogP contribution in [0, 0.1) is 0 Å². The molecule has 3 aromatic carbocycles. The molecule has 0 saturated heterocycles. The van der Waals surface area contributed by atoms with Crippen molar-refractivity contribution < 1.29 is 34.1 Å². The lowest BCUT2D eigenvalue weighted by atomic mass is 9.98. The second kappa shape index (κ2) is 17.8. The molecular weight excluding hydrogens is 598 g/mol. The van der Waals surface area contributed by atoms with Crippen LogP contribution in [-0.4, -0.2) is 58.3 Å². The first-order valence-electron chi connectivity index (χ1n) is 16.2. The van der Waals surface area contributed by atoms with Crippen molar-refractivity contribution in [2.75, 3.05) is 19.0 Å². The topological polar surface area (TPSA) is 137 Å². The van der Waals surface area contributed by atoms with Crippen molar-refractivity contribution in [3.8, 4) is 17.2 Å². The third-order valence-corrected chi connectivity index (χ3v) is 7.55. The Hall–Kier alpha value is -4.73. The van der Waals surface area contributed by atoms with E-state index in [-0.39, 0.29) is 30.0 Å². The number of aromatic hydroxyl groups is 2. The highest BCUT2D eigenvalue weighted by molar-refractivity contribution is 5.99. The van der Waals surface area contributed by atoms with Gasteiger partial charge in [0.15, 0.2) is 0 Å². The molecule has 0 spiro atoms. The van der Waals surface area contributed by atoms with Gasteiger partial charge in [-0.05, 0) is 75.2 Å². The van der Waals surface area contributed by atoms with Crippen molar-refractivity contribution in [2.45, 2.75) is 90.3 Å². The lowest BCUT2D eigenvalue weighted by Gasteiger charge is -2.35. The first kappa shape index (κ1) is 36.7. The quantitative estimate of drug-likeness (QED) is 0.122. The Labute approximate surface area is 278 Å². The number of amides is 3. The number of ether oxygens (including phenoxy) is 2. The van der Waals surface area contributed by atoms with Gasteiger partial charge in [-0.25, -0.2) is 4.79 Å². The molecule has 4 N–H and O–H groups in total. The van der Waals surface area contributed by atoms with Crippen LogP contribution in [0.4, 0.5) is 10.5 Å². The molecule has 2 unspecified atom stereocenters. The molecular formula is C37H49N3O7.